The van der Waals surface area contributed by atoms with Crippen LogP contribution in [0.5, 0.6) is 0 Å². The van der Waals surface area contributed by atoms with Crippen molar-refractivity contribution in [2.75, 3.05) is 23.9 Å². The number of aromatic nitrogens is 1. The highest BCUT2D eigenvalue weighted by molar-refractivity contribution is 5.54. The topological polar surface area (TPSA) is 115 Å². The Morgan fingerprint density at radius 1 is 1.50 bits per heavy atom. The molecule has 0 aliphatic heterocycles. The van der Waals surface area contributed by atoms with Crippen molar-refractivity contribution in [1.29, 1.82) is 0 Å². The molecule has 0 amide bonds. The molecular formula is C10H17N5O3. The van der Waals surface area contributed by atoms with E-state index in [2.05, 4.69) is 15.7 Å². The zero-order chi connectivity index (χ0) is 13.5. The minimum Gasteiger partial charge on any atom is -0.377 e. The van der Waals surface area contributed by atoms with Gasteiger partial charge in [-0.1, -0.05) is 0 Å². The molecule has 0 aliphatic rings. The molecule has 1 aromatic rings. The number of nitrogen functional groups attached to an aromatic ring is 1. The molecule has 8 nitrogen and oxygen atoms in total. The average Bonchev–Trinajstić information content (AvgIpc) is 2.34. The van der Waals surface area contributed by atoms with Crippen LogP contribution in [0.4, 0.5) is 17.3 Å². The Morgan fingerprint density at radius 3 is 2.72 bits per heavy atom. The molecule has 1 aromatic heterocycles. The van der Waals surface area contributed by atoms with Crippen LogP contribution in [0.15, 0.2) is 12.1 Å². The first-order valence-electron chi connectivity index (χ1n) is 5.51. The minimum atomic E-state index is -0.502. The lowest BCUT2D eigenvalue weighted by atomic mass is 10.3. The van der Waals surface area contributed by atoms with E-state index in [-0.39, 0.29) is 17.6 Å². The summed E-state index contributed by atoms with van der Waals surface area (Å²) in [6, 6.07) is 2.60. The Kier molecular flexibility index (Phi) is 5.28. The second-order valence-electron chi connectivity index (χ2n) is 3.84. The van der Waals surface area contributed by atoms with Gasteiger partial charge in [0.2, 0.25) is 0 Å². The molecule has 1 heterocycles. The van der Waals surface area contributed by atoms with Crippen LogP contribution in [-0.4, -0.2) is 29.2 Å². The normalized spacial score (nSPS) is 10.4. The summed E-state index contributed by atoms with van der Waals surface area (Å²) in [5.41, 5.74) is 2.21. The molecule has 0 radical (unpaired) electrons. The second-order valence-corrected chi connectivity index (χ2v) is 3.84. The molecule has 0 spiro atoms. The average molecular weight is 255 g/mol. The highest BCUT2D eigenvalue weighted by atomic mass is 16.6. The van der Waals surface area contributed by atoms with Gasteiger partial charge in [-0.2, -0.15) is 0 Å². The van der Waals surface area contributed by atoms with Crippen LogP contribution in [0.25, 0.3) is 0 Å². The molecule has 0 aliphatic carbocycles. The van der Waals surface area contributed by atoms with Crippen molar-refractivity contribution in [2.45, 2.75) is 20.0 Å². The molecule has 0 saturated carbocycles. The van der Waals surface area contributed by atoms with Crippen LogP contribution >= 0.6 is 0 Å². The van der Waals surface area contributed by atoms with Gasteiger partial charge in [0.05, 0.1) is 29.8 Å². The number of nitrogens with zero attached hydrogens (tertiary/aromatic N) is 2. The molecule has 0 aromatic carbocycles. The van der Waals surface area contributed by atoms with Crippen molar-refractivity contribution in [3.63, 3.8) is 0 Å². The lowest BCUT2D eigenvalue weighted by Gasteiger charge is -2.09. The summed E-state index contributed by atoms with van der Waals surface area (Å²) in [7, 11) is 0. The highest BCUT2D eigenvalue weighted by Crippen LogP contribution is 2.19. The summed E-state index contributed by atoms with van der Waals surface area (Å²) < 4.78 is 5.33. The molecule has 100 valence electrons. The molecule has 0 bridgehead atoms. The van der Waals surface area contributed by atoms with Crippen molar-refractivity contribution >= 4 is 17.3 Å². The number of hydrogen-bond acceptors (Lipinski definition) is 7. The third-order valence-corrected chi connectivity index (χ3v) is 2.03. The van der Waals surface area contributed by atoms with Crippen molar-refractivity contribution in [3.8, 4) is 0 Å². The Morgan fingerprint density at radius 2 is 2.17 bits per heavy atom. The highest BCUT2D eigenvalue weighted by Gasteiger charge is 2.10. The molecule has 0 atom stereocenters. The van der Waals surface area contributed by atoms with Gasteiger partial charge in [0.15, 0.2) is 0 Å². The van der Waals surface area contributed by atoms with E-state index in [1.54, 1.807) is 0 Å². The predicted octanol–water partition coefficient (Wildman–Crippen LogP) is 1.11. The van der Waals surface area contributed by atoms with Crippen molar-refractivity contribution in [2.24, 2.45) is 5.84 Å². The minimum absolute atomic E-state index is 0.0785. The number of hydrazine groups is 1. The first-order chi connectivity index (χ1) is 8.52. The van der Waals surface area contributed by atoms with Crippen molar-refractivity contribution < 1.29 is 9.66 Å². The monoisotopic (exact) mass is 255 g/mol. The van der Waals surface area contributed by atoms with Crippen LogP contribution in [0.3, 0.4) is 0 Å². The molecule has 8 heteroatoms. The van der Waals surface area contributed by atoms with E-state index < -0.39 is 4.92 Å². The van der Waals surface area contributed by atoms with E-state index in [1.165, 1.54) is 12.1 Å². The number of nitrogens with one attached hydrogen (secondary N) is 2. The summed E-state index contributed by atoms with van der Waals surface area (Å²) in [6.45, 7) is 4.87. The summed E-state index contributed by atoms with van der Waals surface area (Å²) in [4.78, 5) is 14.2. The third kappa shape index (κ3) is 4.52. The number of anilines is 2. The fourth-order valence-electron chi connectivity index (χ4n) is 1.26. The van der Waals surface area contributed by atoms with Crippen LogP contribution in [0.1, 0.15) is 13.8 Å². The molecule has 0 fully saturated rings. The first-order valence-corrected chi connectivity index (χ1v) is 5.51. The van der Waals surface area contributed by atoms with Crippen LogP contribution in [-0.2, 0) is 4.74 Å². The lowest BCUT2D eigenvalue weighted by Crippen LogP contribution is -2.15. The maximum absolute atomic E-state index is 10.7. The zero-order valence-electron chi connectivity index (χ0n) is 10.3. The molecule has 18 heavy (non-hydrogen) atoms. The summed E-state index contributed by atoms with van der Waals surface area (Å²) in [6.07, 6.45) is 0.145. The van der Waals surface area contributed by atoms with Gasteiger partial charge in [-0.3, -0.25) is 10.1 Å². The maximum Gasteiger partial charge on any atom is 0.276 e. The molecule has 0 saturated heterocycles. The van der Waals surface area contributed by atoms with E-state index >= 15 is 0 Å². The summed E-state index contributed by atoms with van der Waals surface area (Å²) in [5, 5.41) is 13.6. The van der Waals surface area contributed by atoms with E-state index in [1.807, 2.05) is 13.8 Å². The molecular weight excluding hydrogens is 238 g/mol. The van der Waals surface area contributed by atoms with Gasteiger partial charge in [-0.15, -0.1) is 0 Å². The standard InChI is InChI=1S/C10H17N5O3/c1-7(2)18-4-3-12-9-5-8(15(16)17)6-10(13-9)14-11/h5-7H,3-4,11H2,1-2H3,(H2,12,13,14). The fourth-order valence-corrected chi connectivity index (χ4v) is 1.26. The molecule has 0 unspecified atom stereocenters. The van der Waals surface area contributed by atoms with E-state index in [4.69, 9.17) is 10.6 Å². The third-order valence-electron chi connectivity index (χ3n) is 2.03. The number of nitro groups is 1. The largest absolute Gasteiger partial charge is 0.377 e. The van der Waals surface area contributed by atoms with Crippen molar-refractivity contribution in [1.82, 2.24) is 4.98 Å². The number of ether oxygens (including phenoxy) is 1. The van der Waals surface area contributed by atoms with E-state index in [9.17, 15) is 10.1 Å². The Hall–Kier alpha value is -1.93. The number of rotatable bonds is 7. The number of nitrogens with two attached hydrogens (primary N) is 1. The molecule has 4 N–H and O–H groups in total. The fraction of sp³-hybridized carbons (Fsp3) is 0.500. The Bertz CT molecular complexity index is 410. The zero-order valence-corrected chi connectivity index (χ0v) is 10.3. The second kappa shape index (κ2) is 6.72. The van der Waals surface area contributed by atoms with Crippen LogP contribution in [0.2, 0.25) is 0 Å². The van der Waals surface area contributed by atoms with E-state index in [0.717, 1.165) is 0 Å². The van der Waals surface area contributed by atoms with Gasteiger partial charge in [0.25, 0.3) is 5.69 Å². The van der Waals surface area contributed by atoms with Gasteiger partial charge < -0.3 is 15.5 Å². The van der Waals surface area contributed by atoms with Crippen LogP contribution in [0, 0.1) is 10.1 Å². The lowest BCUT2D eigenvalue weighted by molar-refractivity contribution is -0.384. The Balaban J connectivity index is 2.64. The Labute approximate surface area is 105 Å². The smallest absolute Gasteiger partial charge is 0.276 e. The summed E-state index contributed by atoms with van der Waals surface area (Å²) >= 11 is 0. The van der Waals surface area contributed by atoms with Gasteiger partial charge >= 0.3 is 0 Å². The van der Waals surface area contributed by atoms with Gasteiger partial charge in [-0.25, -0.2) is 10.8 Å². The van der Waals surface area contributed by atoms with Crippen molar-refractivity contribution in [3.05, 3.63) is 22.2 Å². The number of hydrogen-bond donors (Lipinski definition) is 3. The van der Waals surface area contributed by atoms with Gasteiger partial charge in [-0.05, 0) is 13.8 Å². The van der Waals surface area contributed by atoms with Crippen LogP contribution < -0.4 is 16.6 Å². The maximum atomic E-state index is 10.7. The molecule has 1 rings (SSSR count). The quantitative estimate of drug-likeness (QED) is 0.289. The number of pyridine rings is 1. The van der Waals surface area contributed by atoms with Gasteiger partial charge in [0.1, 0.15) is 11.6 Å². The summed E-state index contributed by atoms with van der Waals surface area (Å²) in [5.74, 6) is 5.81. The first kappa shape index (κ1) is 14.1. The predicted molar refractivity (Wildman–Crippen MR) is 68.3 cm³/mol. The SMILES string of the molecule is CC(C)OCCNc1cc([N+](=O)[O-])cc(NN)n1. The van der Waals surface area contributed by atoms with Gasteiger partial charge in [0, 0.05) is 6.54 Å². The van der Waals surface area contributed by atoms with E-state index in [0.29, 0.717) is 19.0 Å².